The van der Waals surface area contributed by atoms with Crippen molar-refractivity contribution in [1.29, 1.82) is 0 Å². The molecule has 21 heavy (non-hydrogen) atoms. The Bertz CT molecular complexity index is 679. The van der Waals surface area contributed by atoms with Gasteiger partial charge in [0.15, 0.2) is 0 Å². The molecule has 0 saturated heterocycles. The number of carbonyl (C=O) groups excluding carboxylic acids is 1. The number of carbonyl (C=O) groups is 1. The van der Waals surface area contributed by atoms with Gasteiger partial charge in [-0.25, -0.2) is 4.98 Å². The maximum atomic E-state index is 12.5. The van der Waals surface area contributed by atoms with Crippen LogP contribution in [0.15, 0.2) is 24.3 Å². The molecule has 1 aromatic carbocycles. The van der Waals surface area contributed by atoms with E-state index in [-0.39, 0.29) is 5.91 Å². The van der Waals surface area contributed by atoms with Gasteiger partial charge in [0, 0.05) is 25.6 Å². The molecule has 0 saturated carbocycles. The average molecular weight is 306 g/mol. The molecular weight excluding hydrogens is 290 g/mol. The van der Waals surface area contributed by atoms with Crippen LogP contribution < -0.4 is 4.74 Å². The van der Waals surface area contributed by atoms with Crippen molar-refractivity contribution in [1.82, 2.24) is 14.5 Å². The Morgan fingerprint density at radius 3 is 2.71 bits per heavy atom. The highest BCUT2D eigenvalue weighted by atomic mass is 35.5. The van der Waals surface area contributed by atoms with Crippen molar-refractivity contribution < 1.29 is 9.53 Å². The first-order chi connectivity index (χ1) is 10.1. The van der Waals surface area contributed by atoms with E-state index < -0.39 is 0 Å². The van der Waals surface area contributed by atoms with Crippen LogP contribution in [0, 0.1) is 0 Å². The quantitative estimate of drug-likeness (QED) is 0.855. The molecule has 3 rings (SSSR count). The number of imidazole rings is 1. The Morgan fingerprint density at radius 1 is 1.33 bits per heavy atom. The Kier molecular flexibility index (Phi) is 3.59. The van der Waals surface area contributed by atoms with Crippen molar-refractivity contribution in [3.8, 4) is 5.75 Å². The van der Waals surface area contributed by atoms with E-state index in [2.05, 4.69) is 4.98 Å². The third kappa shape index (κ3) is 2.49. The van der Waals surface area contributed by atoms with Crippen molar-refractivity contribution in [2.75, 3.05) is 13.7 Å². The van der Waals surface area contributed by atoms with Crippen LogP contribution in [0.5, 0.6) is 5.75 Å². The summed E-state index contributed by atoms with van der Waals surface area (Å²) in [5, 5.41) is 0.471. The summed E-state index contributed by atoms with van der Waals surface area (Å²) >= 11 is 6.03. The molecule has 0 fully saturated rings. The van der Waals surface area contributed by atoms with Gasteiger partial charge in [-0.2, -0.15) is 0 Å². The van der Waals surface area contributed by atoms with Crippen LogP contribution in [-0.4, -0.2) is 34.0 Å². The predicted octanol–water partition coefficient (Wildman–Crippen LogP) is 2.28. The molecule has 0 unspecified atom stereocenters. The summed E-state index contributed by atoms with van der Waals surface area (Å²) in [6, 6.07) is 7.16. The molecule has 1 aliphatic heterocycles. The first-order valence-electron chi connectivity index (χ1n) is 6.73. The Labute approximate surface area is 128 Å². The maximum Gasteiger partial charge on any atom is 0.254 e. The van der Waals surface area contributed by atoms with Crippen molar-refractivity contribution in [2.24, 2.45) is 7.05 Å². The summed E-state index contributed by atoms with van der Waals surface area (Å²) in [5.74, 6) is 0.756. The van der Waals surface area contributed by atoms with E-state index in [4.69, 9.17) is 16.3 Å². The minimum atomic E-state index is 0.0145. The lowest BCUT2D eigenvalue weighted by molar-refractivity contribution is 0.0730. The van der Waals surface area contributed by atoms with Crippen LogP contribution in [0.1, 0.15) is 21.7 Å². The first-order valence-corrected chi connectivity index (χ1v) is 7.11. The molecule has 1 amide bonds. The van der Waals surface area contributed by atoms with Gasteiger partial charge < -0.3 is 14.2 Å². The number of hydrogen-bond donors (Lipinski definition) is 0. The van der Waals surface area contributed by atoms with Gasteiger partial charge in [-0.15, -0.1) is 0 Å². The Balaban J connectivity index is 1.81. The number of amides is 1. The molecule has 0 bridgehead atoms. The highest BCUT2D eigenvalue weighted by Crippen LogP contribution is 2.23. The Hall–Kier alpha value is -2.01. The normalized spacial score (nSPS) is 14.0. The molecule has 0 N–H and O–H groups in total. The number of halogens is 1. The minimum Gasteiger partial charge on any atom is -0.497 e. The fourth-order valence-corrected chi connectivity index (χ4v) is 2.75. The molecule has 0 atom stereocenters. The molecule has 110 valence electrons. The number of ether oxygens (including phenoxy) is 1. The Morgan fingerprint density at radius 2 is 2.05 bits per heavy atom. The summed E-state index contributed by atoms with van der Waals surface area (Å²) < 4.78 is 6.95. The number of aromatic nitrogens is 2. The smallest absolute Gasteiger partial charge is 0.254 e. The van der Waals surface area contributed by atoms with Gasteiger partial charge in [-0.3, -0.25) is 4.79 Å². The van der Waals surface area contributed by atoms with Gasteiger partial charge >= 0.3 is 0 Å². The molecule has 2 heterocycles. The van der Waals surface area contributed by atoms with Crippen molar-refractivity contribution >= 4 is 17.5 Å². The van der Waals surface area contributed by atoms with E-state index in [1.54, 1.807) is 31.4 Å². The molecule has 0 radical (unpaired) electrons. The molecule has 5 nitrogen and oxygen atoms in total. The summed E-state index contributed by atoms with van der Waals surface area (Å²) in [6.45, 7) is 1.20. The van der Waals surface area contributed by atoms with Crippen LogP contribution in [-0.2, 0) is 20.0 Å². The lowest BCUT2D eigenvalue weighted by Gasteiger charge is -2.27. The standard InChI is InChI=1S/C15H16ClN3O2/c1-18-13-9-19(8-7-12(13)17-15(18)16)14(20)10-3-5-11(21-2)6-4-10/h3-6H,7-9H2,1-2H3. The van der Waals surface area contributed by atoms with E-state index >= 15 is 0 Å². The van der Waals surface area contributed by atoms with Gasteiger partial charge in [0.05, 0.1) is 25.0 Å². The largest absolute Gasteiger partial charge is 0.497 e. The number of fused-ring (bicyclic) bond motifs is 1. The lowest BCUT2D eigenvalue weighted by atomic mass is 10.1. The molecule has 6 heteroatoms. The summed E-state index contributed by atoms with van der Waals surface area (Å²) in [7, 11) is 3.48. The van der Waals surface area contributed by atoms with E-state index in [1.807, 2.05) is 16.5 Å². The first kappa shape index (κ1) is 13.9. The molecular formula is C15H16ClN3O2. The zero-order chi connectivity index (χ0) is 15.0. The monoisotopic (exact) mass is 305 g/mol. The number of nitrogens with zero attached hydrogens (tertiary/aromatic N) is 3. The summed E-state index contributed by atoms with van der Waals surface area (Å²) in [6.07, 6.45) is 0.734. The zero-order valence-electron chi connectivity index (χ0n) is 12.0. The van der Waals surface area contributed by atoms with Crippen LogP contribution in [0.3, 0.4) is 0 Å². The van der Waals surface area contributed by atoms with Gasteiger partial charge in [0.1, 0.15) is 5.75 Å². The van der Waals surface area contributed by atoms with Crippen LogP contribution in [0.2, 0.25) is 5.28 Å². The van der Waals surface area contributed by atoms with E-state index in [0.717, 1.165) is 23.6 Å². The van der Waals surface area contributed by atoms with Crippen LogP contribution in [0.4, 0.5) is 0 Å². The van der Waals surface area contributed by atoms with E-state index in [0.29, 0.717) is 23.9 Å². The van der Waals surface area contributed by atoms with Gasteiger partial charge in [-0.05, 0) is 35.9 Å². The second-order valence-corrected chi connectivity index (χ2v) is 5.38. The third-order valence-electron chi connectivity index (χ3n) is 3.83. The highest BCUT2D eigenvalue weighted by molar-refractivity contribution is 6.28. The SMILES string of the molecule is COc1ccc(C(=O)N2CCc3nc(Cl)n(C)c3C2)cc1. The maximum absolute atomic E-state index is 12.5. The van der Waals surface area contributed by atoms with Gasteiger partial charge in [0.2, 0.25) is 5.28 Å². The van der Waals surface area contributed by atoms with E-state index in [1.165, 1.54) is 0 Å². The average Bonchev–Trinajstić information content (AvgIpc) is 2.81. The zero-order valence-corrected chi connectivity index (χ0v) is 12.7. The molecule has 1 aliphatic rings. The summed E-state index contributed by atoms with van der Waals surface area (Å²) in [5.41, 5.74) is 2.65. The highest BCUT2D eigenvalue weighted by Gasteiger charge is 2.25. The lowest BCUT2D eigenvalue weighted by Crippen LogP contribution is -2.36. The number of benzene rings is 1. The minimum absolute atomic E-state index is 0.0145. The second-order valence-electron chi connectivity index (χ2n) is 5.04. The van der Waals surface area contributed by atoms with Crippen molar-refractivity contribution in [3.63, 3.8) is 0 Å². The van der Waals surface area contributed by atoms with Crippen molar-refractivity contribution in [3.05, 3.63) is 46.5 Å². The number of hydrogen-bond acceptors (Lipinski definition) is 3. The topological polar surface area (TPSA) is 47.4 Å². The fraction of sp³-hybridized carbons (Fsp3) is 0.333. The molecule has 0 aliphatic carbocycles. The molecule has 2 aromatic rings. The van der Waals surface area contributed by atoms with Gasteiger partial charge in [-0.1, -0.05) is 0 Å². The van der Waals surface area contributed by atoms with Crippen LogP contribution in [0.25, 0.3) is 0 Å². The van der Waals surface area contributed by atoms with E-state index in [9.17, 15) is 4.79 Å². The summed E-state index contributed by atoms with van der Waals surface area (Å²) in [4.78, 5) is 18.7. The van der Waals surface area contributed by atoms with Crippen molar-refractivity contribution in [2.45, 2.75) is 13.0 Å². The fourth-order valence-electron chi connectivity index (χ4n) is 2.54. The number of rotatable bonds is 2. The van der Waals surface area contributed by atoms with Gasteiger partial charge in [0.25, 0.3) is 5.91 Å². The third-order valence-corrected chi connectivity index (χ3v) is 4.16. The molecule has 0 spiro atoms. The van der Waals surface area contributed by atoms with Crippen LogP contribution >= 0.6 is 11.6 Å². The molecule has 1 aromatic heterocycles. The number of methoxy groups -OCH3 is 1. The predicted molar refractivity (Wildman–Crippen MR) is 79.7 cm³/mol. The second kappa shape index (κ2) is 5.41.